The summed E-state index contributed by atoms with van der Waals surface area (Å²) in [4.78, 5) is 16.8. The lowest BCUT2D eigenvalue weighted by Gasteiger charge is -2.23. The van der Waals surface area contributed by atoms with Gasteiger partial charge in [0.25, 0.3) is 5.91 Å². The van der Waals surface area contributed by atoms with E-state index in [1.165, 1.54) is 7.11 Å². The summed E-state index contributed by atoms with van der Waals surface area (Å²) in [5, 5.41) is 19.6. The molecule has 0 aliphatic rings. The number of anilines is 2. The molecule has 1 aromatic carbocycles. The van der Waals surface area contributed by atoms with Gasteiger partial charge in [-0.05, 0) is 50.6 Å². The third-order valence-electron chi connectivity index (χ3n) is 4.04. The van der Waals surface area contributed by atoms with E-state index in [1.54, 1.807) is 36.6 Å². The number of fused-ring (bicyclic) bond motifs is 1. The standard InChI is InChI=1S/C19H23N5O3/c1-12-5-8-16-21-18(23-24(16)10-12)20-14-7-6-13(9-15(14)27-4)17(26)22-19(2,3)11-25/h5-10,25H,11H2,1-4H3,(H,20,23)(H,22,26). The number of ether oxygens (including phenoxy) is 1. The normalized spacial score (nSPS) is 11.4. The number of aryl methyl sites for hydroxylation is 1. The van der Waals surface area contributed by atoms with Crippen molar-refractivity contribution in [3.05, 3.63) is 47.7 Å². The molecular formula is C19H23N5O3. The Morgan fingerprint density at radius 2 is 2.07 bits per heavy atom. The van der Waals surface area contributed by atoms with E-state index >= 15 is 0 Å². The van der Waals surface area contributed by atoms with Crippen molar-refractivity contribution in [3.63, 3.8) is 0 Å². The molecule has 0 fully saturated rings. The van der Waals surface area contributed by atoms with Crippen LogP contribution in [0.5, 0.6) is 5.75 Å². The third-order valence-corrected chi connectivity index (χ3v) is 4.04. The lowest BCUT2D eigenvalue weighted by Crippen LogP contribution is -2.46. The lowest BCUT2D eigenvalue weighted by molar-refractivity contribution is 0.0869. The molecule has 0 atom stereocenters. The zero-order valence-electron chi connectivity index (χ0n) is 15.8. The maximum Gasteiger partial charge on any atom is 0.251 e. The van der Waals surface area contributed by atoms with Crippen molar-refractivity contribution in [2.45, 2.75) is 26.3 Å². The average molecular weight is 369 g/mol. The fraction of sp³-hybridized carbons (Fsp3) is 0.316. The first kappa shape index (κ1) is 18.7. The Balaban J connectivity index is 1.84. The quantitative estimate of drug-likeness (QED) is 0.616. The van der Waals surface area contributed by atoms with Crippen LogP contribution in [0.4, 0.5) is 11.6 Å². The number of amides is 1. The molecule has 0 bridgehead atoms. The van der Waals surface area contributed by atoms with Crippen LogP contribution >= 0.6 is 0 Å². The molecule has 27 heavy (non-hydrogen) atoms. The highest BCUT2D eigenvalue weighted by molar-refractivity contribution is 5.95. The molecular weight excluding hydrogens is 346 g/mol. The molecule has 8 nitrogen and oxygen atoms in total. The van der Waals surface area contributed by atoms with Crippen molar-refractivity contribution in [2.75, 3.05) is 19.0 Å². The van der Waals surface area contributed by atoms with Gasteiger partial charge in [0.15, 0.2) is 5.65 Å². The Kier molecular flexibility index (Phi) is 5.00. The summed E-state index contributed by atoms with van der Waals surface area (Å²) in [6.45, 7) is 5.32. The van der Waals surface area contributed by atoms with Gasteiger partial charge in [-0.25, -0.2) is 4.52 Å². The predicted molar refractivity (Wildman–Crippen MR) is 103 cm³/mol. The number of hydrogen-bond donors (Lipinski definition) is 3. The number of pyridine rings is 1. The van der Waals surface area contributed by atoms with Gasteiger partial charge in [0.1, 0.15) is 5.75 Å². The maximum atomic E-state index is 12.4. The molecule has 142 valence electrons. The number of aromatic nitrogens is 3. The van der Waals surface area contributed by atoms with E-state index in [1.807, 2.05) is 25.3 Å². The number of rotatable bonds is 6. The van der Waals surface area contributed by atoms with E-state index in [2.05, 4.69) is 20.7 Å². The number of hydrogen-bond acceptors (Lipinski definition) is 6. The summed E-state index contributed by atoms with van der Waals surface area (Å²) >= 11 is 0. The van der Waals surface area contributed by atoms with Gasteiger partial charge >= 0.3 is 0 Å². The van der Waals surface area contributed by atoms with Gasteiger partial charge in [-0.15, -0.1) is 5.10 Å². The molecule has 0 aliphatic carbocycles. The number of nitrogens with zero attached hydrogens (tertiary/aromatic N) is 3. The molecule has 0 saturated carbocycles. The van der Waals surface area contributed by atoms with Crippen LogP contribution in [0, 0.1) is 6.92 Å². The number of carbonyl (C=O) groups is 1. The van der Waals surface area contributed by atoms with Crippen LogP contribution in [0.1, 0.15) is 29.8 Å². The van der Waals surface area contributed by atoms with Crippen molar-refractivity contribution < 1.29 is 14.6 Å². The van der Waals surface area contributed by atoms with E-state index in [0.29, 0.717) is 22.9 Å². The van der Waals surface area contributed by atoms with Crippen LogP contribution in [0.2, 0.25) is 0 Å². The van der Waals surface area contributed by atoms with Gasteiger partial charge in [0.2, 0.25) is 5.95 Å². The molecule has 1 amide bonds. The zero-order chi connectivity index (χ0) is 19.6. The third kappa shape index (κ3) is 4.17. The van der Waals surface area contributed by atoms with Gasteiger partial charge in [0.05, 0.1) is 24.9 Å². The Bertz CT molecular complexity index is 981. The predicted octanol–water partition coefficient (Wildman–Crippen LogP) is 2.29. The number of aliphatic hydroxyl groups excluding tert-OH is 1. The first-order valence-corrected chi connectivity index (χ1v) is 8.53. The molecule has 0 saturated heterocycles. The highest BCUT2D eigenvalue weighted by Gasteiger charge is 2.21. The van der Waals surface area contributed by atoms with Crippen LogP contribution in [-0.2, 0) is 0 Å². The van der Waals surface area contributed by atoms with E-state index < -0.39 is 5.54 Å². The largest absolute Gasteiger partial charge is 0.495 e. The minimum absolute atomic E-state index is 0.158. The van der Waals surface area contributed by atoms with Crippen LogP contribution in [0.3, 0.4) is 0 Å². The molecule has 3 aromatic rings. The summed E-state index contributed by atoms with van der Waals surface area (Å²) in [5.74, 6) is 0.622. The highest BCUT2D eigenvalue weighted by atomic mass is 16.5. The number of methoxy groups -OCH3 is 1. The molecule has 3 N–H and O–H groups in total. The first-order valence-electron chi connectivity index (χ1n) is 8.53. The Morgan fingerprint density at radius 1 is 1.30 bits per heavy atom. The number of aliphatic hydroxyl groups is 1. The van der Waals surface area contributed by atoms with E-state index in [-0.39, 0.29) is 12.5 Å². The summed E-state index contributed by atoms with van der Waals surface area (Å²) in [7, 11) is 1.53. The molecule has 0 radical (unpaired) electrons. The molecule has 0 spiro atoms. The van der Waals surface area contributed by atoms with Gasteiger partial charge in [-0.1, -0.05) is 6.07 Å². The fourth-order valence-corrected chi connectivity index (χ4v) is 2.51. The van der Waals surface area contributed by atoms with Gasteiger partial charge in [0, 0.05) is 11.8 Å². The van der Waals surface area contributed by atoms with Gasteiger partial charge in [-0.2, -0.15) is 4.98 Å². The van der Waals surface area contributed by atoms with Crippen LogP contribution in [-0.4, -0.2) is 44.9 Å². The Labute approximate surface area is 157 Å². The van der Waals surface area contributed by atoms with E-state index in [0.717, 1.165) is 11.2 Å². The second kappa shape index (κ2) is 7.24. The summed E-state index contributed by atoms with van der Waals surface area (Å²) < 4.78 is 7.10. The highest BCUT2D eigenvalue weighted by Crippen LogP contribution is 2.28. The molecule has 0 unspecified atom stereocenters. The molecule has 0 aliphatic heterocycles. The van der Waals surface area contributed by atoms with Gasteiger partial charge in [-0.3, -0.25) is 4.79 Å². The summed E-state index contributed by atoms with van der Waals surface area (Å²) in [6.07, 6.45) is 1.89. The summed E-state index contributed by atoms with van der Waals surface area (Å²) in [6, 6.07) is 8.89. The van der Waals surface area contributed by atoms with E-state index in [4.69, 9.17) is 4.74 Å². The molecule has 2 aromatic heterocycles. The second-order valence-corrected chi connectivity index (χ2v) is 6.98. The smallest absolute Gasteiger partial charge is 0.251 e. The van der Waals surface area contributed by atoms with Crippen molar-refractivity contribution in [1.82, 2.24) is 19.9 Å². The number of benzene rings is 1. The van der Waals surface area contributed by atoms with Gasteiger partial charge < -0.3 is 20.5 Å². The number of carbonyl (C=O) groups excluding carboxylic acids is 1. The topological polar surface area (TPSA) is 101 Å². The Morgan fingerprint density at radius 3 is 2.78 bits per heavy atom. The summed E-state index contributed by atoms with van der Waals surface area (Å²) in [5.41, 5.74) is 2.17. The SMILES string of the molecule is COc1cc(C(=O)NC(C)(C)CO)ccc1Nc1nc2ccc(C)cn2n1. The monoisotopic (exact) mass is 369 g/mol. The van der Waals surface area contributed by atoms with E-state index in [9.17, 15) is 9.90 Å². The maximum absolute atomic E-state index is 12.4. The van der Waals surface area contributed by atoms with Crippen molar-refractivity contribution in [2.24, 2.45) is 0 Å². The Hall–Kier alpha value is -3.13. The first-order chi connectivity index (χ1) is 12.8. The lowest BCUT2D eigenvalue weighted by atomic mass is 10.1. The molecule has 3 rings (SSSR count). The molecule has 2 heterocycles. The average Bonchev–Trinajstić information content (AvgIpc) is 3.03. The minimum atomic E-state index is -0.709. The van der Waals surface area contributed by atoms with Crippen molar-refractivity contribution in [1.29, 1.82) is 0 Å². The molecule has 8 heteroatoms. The number of nitrogens with one attached hydrogen (secondary N) is 2. The second-order valence-electron chi connectivity index (χ2n) is 6.98. The zero-order valence-corrected chi connectivity index (χ0v) is 15.8. The fourth-order valence-electron chi connectivity index (χ4n) is 2.51. The van der Waals surface area contributed by atoms with Crippen molar-refractivity contribution >= 4 is 23.2 Å². The van der Waals surface area contributed by atoms with Crippen LogP contribution < -0.4 is 15.4 Å². The van der Waals surface area contributed by atoms with Crippen LogP contribution in [0.25, 0.3) is 5.65 Å². The van der Waals surface area contributed by atoms with Crippen LogP contribution in [0.15, 0.2) is 36.5 Å². The minimum Gasteiger partial charge on any atom is -0.495 e. The van der Waals surface area contributed by atoms with Crippen molar-refractivity contribution in [3.8, 4) is 5.75 Å².